The van der Waals surface area contributed by atoms with E-state index in [2.05, 4.69) is 5.32 Å². The quantitative estimate of drug-likeness (QED) is 0.767. The van der Waals surface area contributed by atoms with Crippen LogP contribution in [0.4, 0.5) is 4.39 Å². The second kappa shape index (κ2) is 3.53. The van der Waals surface area contributed by atoms with Gasteiger partial charge in [0, 0.05) is 5.92 Å². The van der Waals surface area contributed by atoms with Gasteiger partial charge in [-0.1, -0.05) is 13.8 Å². The molecule has 0 saturated carbocycles. The van der Waals surface area contributed by atoms with Gasteiger partial charge in [0.2, 0.25) is 0 Å². The summed E-state index contributed by atoms with van der Waals surface area (Å²) in [5.41, 5.74) is 0.256. The van der Waals surface area contributed by atoms with Crippen molar-refractivity contribution in [2.75, 3.05) is 0 Å². The fourth-order valence-electron chi connectivity index (χ4n) is 1.46. The van der Waals surface area contributed by atoms with Gasteiger partial charge in [-0.05, 0) is 18.2 Å². The number of halogens is 1. The normalized spacial score (nSPS) is 19.5. The van der Waals surface area contributed by atoms with Crippen LogP contribution in [0.25, 0.3) is 0 Å². The van der Waals surface area contributed by atoms with Crippen molar-refractivity contribution >= 4 is 5.91 Å². The summed E-state index contributed by atoms with van der Waals surface area (Å²) in [6, 6.07) is 3.95. The van der Waals surface area contributed by atoms with E-state index in [1.165, 1.54) is 18.2 Å². The lowest BCUT2D eigenvalue weighted by Gasteiger charge is -2.29. The van der Waals surface area contributed by atoms with Gasteiger partial charge in [-0.2, -0.15) is 0 Å². The minimum absolute atomic E-state index is 0.173. The third-order valence-corrected chi connectivity index (χ3v) is 2.32. The summed E-state index contributed by atoms with van der Waals surface area (Å²) >= 11 is 0. The number of nitrogens with one attached hydrogen (secondary N) is 1. The minimum Gasteiger partial charge on any atom is -0.470 e. The largest absolute Gasteiger partial charge is 0.470 e. The highest BCUT2D eigenvalue weighted by atomic mass is 19.1. The summed E-state index contributed by atoms with van der Waals surface area (Å²) in [4.78, 5) is 11.6. The average molecular weight is 209 g/mol. The van der Waals surface area contributed by atoms with Crippen molar-refractivity contribution in [3.63, 3.8) is 0 Å². The summed E-state index contributed by atoms with van der Waals surface area (Å²) in [6.07, 6.45) is -0.338. The highest BCUT2D eigenvalue weighted by Crippen LogP contribution is 2.25. The van der Waals surface area contributed by atoms with Crippen LogP contribution in [0.15, 0.2) is 18.2 Å². The SMILES string of the molecule is CC(C)[C@@H]1NC(=O)c2cc(F)ccc2O1. The molecular weight excluding hydrogens is 197 g/mol. The van der Waals surface area contributed by atoms with Crippen molar-refractivity contribution in [3.8, 4) is 5.75 Å². The van der Waals surface area contributed by atoms with E-state index in [9.17, 15) is 9.18 Å². The summed E-state index contributed by atoms with van der Waals surface area (Å²) in [5, 5.41) is 2.67. The molecule has 1 aromatic carbocycles. The number of amides is 1. The maximum absolute atomic E-state index is 12.9. The van der Waals surface area contributed by atoms with Crippen LogP contribution in [0.3, 0.4) is 0 Å². The molecule has 15 heavy (non-hydrogen) atoms. The first kappa shape index (κ1) is 9.96. The van der Waals surface area contributed by atoms with Gasteiger partial charge in [0.25, 0.3) is 5.91 Å². The Morgan fingerprint density at radius 3 is 2.87 bits per heavy atom. The van der Waals surface area contributed by atoms with E-state index in [1.807, 2.05) is 13.8 Å². The van der Waals surface area contributed by atoms with Crippen molar-refractivity contribution in [1.29, 1.82) is 0 Å². The molecule has 0 fully saturated rings. The Kier molecular flexibility index (Phi) is 2.34. The molecule has 1 aliphatic rings. The number of fused-ring (bicyclic) bond motifs is 1. The molecule has 80 valence electrons. The van der Waals surface area contributed by atoms with Gasteiger partial charge in [-0.25, -0.2) is 4.39 Å². The van der Waals surface area contributed by atoms with Crippen LogP contribution in [0.1, 0.15) is 24.2 Å². The molecular formula is C11H12FNO2. The maximum Gasteiger partial charge on any atom is 0.257 e. The molecule has 1 aromatic rings. The molecule has 0 saturated heterocycles. The first-order valence-electron chi connectivity index (χ1n) is 4.85. The highest BCUT2D eigenvalue weighted by Gasteiger charge is 2.27. The van der Waals surface area contributed by atoms with Gasteiger partial charge in [0.15, 0.2) is 6.23 Å². The zero-order valence-electron chi connectivity index (χ0n) is 8.58. The van der Waals surface area contributed by atoms with E-state index < -0.39 is 5.82 Å². The molecule has 1 atom stereocenters. The van der Waals surface area contributed by atoms with Gasteiger partial charge < -0.3 is 10.1 Å². The van der Waals surface area contributed by atoms with Gasteiger partial charge in [0.1, 0.15) is 11.6 Å². The Labute approximate surface area is 87.2 Å². The van der Waals surface area contributed by atoms with Gasteiger partial charge in [-0.3, -0.25) is 4.79 Å². The average Bonchev–Trinajstić information content (AvgIpc) is 2.18. The zero-order valence-corrected chi connectivity index (χ0v) is 8.58. The zero-order chi connectivity index (χ0) is 11.0. The molecule has 0 unspecified atom stereocenters. The van der Waals surface area contributed by atoms with Crippen LogP contribution in [-0.2, 0) is 0 Å². The standard InChI is InChI=1S/C11H12FNO2/c1-6(2)11-13-10(14)8-5-7(12)3-4-9(8)15-11/h3-6,11H,1-2H3,(H,13,14)/t11-/m1/s1. The lowest BCUT2D eigenvalue weighted by atomic mass is 10.1. The molecule has 3 nitrogen and oxygen atoms in total. The molecule has 0 aromatic heterocycles. The Morgan fingerprint density at radius 1 is 1.47 bits per heavy atom. The first-order chi connectivity index (χ1) is 7.08. The van der Waals surface area contributed by atoms with E-state index >= 15 is 0 Å². The molecule has 0 aliphatic carbocycles. The number of carbonyl (C=O) groups is 1. The number of ether oxygens (including phenoxy) is 1. The van der Waals surface area contributed by atoms with Crippen LogP contribution in [-0.4, -0.2) is 12.1 Å². The molecule has 2 rings (SSSR count). The van der Waals surface area contributed by atoms with Crippen LogP contribution < -0.4 is 10.1 Å². The number of hydrogen-bond acceptors (Lipinski definition) is 2. The van der Waals surface area contributed by atoms with Crippen molar-refractivity contribution < 1.29 is 13.9 Å². The monoisotopic (exact) mass is 209 g/mol. The first-order valence-corrected chi connectivity index (χ1v) is 4.85. The second-order valence-electron chi connectivity index (χ2n) is 3.90. The van der Waals surface area contributed by atoms with E-state index in [0.717, 1.165) is 0 Å². The Morgan fingerprint density at radius 2 is 2.20 bits per heavy atom. The topological polar surface area (TPSA) is 38.3 Å². The second-order valence-corrected chi connectivity index (χ2v) is 3.90. The third-order valence-electron chi connectivity index (χ3n) is 2.32. The van der Waals surface area contributed by atoms with E-state index in [1.54, 1.807) is 0 Å². The summed E-state index contributed by atoms with van der Waals surface area (Å²) in [7, 11) is 0. The van der Waals surface area contributed by atoms with E-state index in [4.69, 9.17) is 4.74 Å². The van der Waals surface area contributed by atoms with Crippen LogP contribution in [0, 0.1) is 11.7 Å². The lowest BCUT2D eigenvalue weighted by Crippen LogP contribution is -2.46. The van der Waals surface area contributed by atoms with E-state index in [0.29, 0.717) is 5.75 Å². The van der Waals surface area contributed by atoms with E-state index in [-0.39, 0.29) is 23.6 Å². The fourth-order valence-corrected chi connectivity index (χ4v) is 1.46. The fraction of sp³-hybridized carbons (Fsp3) is 0.364. The molecule has 1 aliphatic heterocycles. The number of carbonyl (C=O) groups excluding carboxylic acids is 1. The van der Waals surface area contributed by atoms with Crippen molar-refractivity contribution in [3.05, 3.63) is 29.6 Å². The Bertz CT molecular complexity index is 404. The molecule has 1 N–H and O–H groups in total. The van der Waals surface area contributed by atoms with Crippen LogP contribution >= 0.6 is 0 Å². The predicted octanol–water partition coefficient (Wildman–Crippen LogP) is 1.93. The number of benzene rings is 1. The summed E-state index contributed by atoms with van der Waals surface area (Å²) in [5.74, 6) is -0.101. The molecule has 0 radical (unpaired) electrons. The van der Waals surface area contributed by atoms with Gasteiger partial charge >= 0.3 is 0 Å². The number of rotatable bonds is 1. The highest BCUT2D eigenvalue weighted by molar-refractivity contribution is 5.97. The predicted molar refractivity (Wildman–Crippen MR) is 53.1 cm³/mol. The van der Waals surface area contributed by atoms with Crippen molar-refractivity contribution in [2.45, 2.75) is 20.1 Å². The summed E-state index contributed by atoms with van der Waals surface area (Å²) in [6.45, 7) is 3.89. The molecule has 1 amide bonds. The van der Waals surface area contributed by atoms with Crippen molar-refractivity contribution in [1.82, 2.24) is 5.32 Å². The lowest BCUT2D eigenvalue weighted by molar-refractivity contribution is 0.0642. The van der Waals surface area contributed by atoms with Crippen molar-refractivity contribution in [2.24, 2.45) is 5.92 Å². The molecule has 0 bridgehead atoms. The molecule has 1 heterocycles. The maximum atomic E-state index is 12.9. The number of hydrogen-bond donors (Lipinski definition) is 1. The Balaban J connectivity index is 2.37. The Hall–Kier alpha value is -1.58. The van der Waals surface area contributed by atoms with Crippen LogP contribution in [0.5, 0.6) is 5.75 Å². The third kappa shape index (κ3) is 1.79. The molecule has 0 spiro atoms. The minimum atomic E-state index is -0.435. The van der Waals surface area contributed by atoms with Crippen LogP contribution in [0.2, 0.25) is 0 Å². The van der Waals surface area contributed by atoms with Gasteiger partial charge in [0.05, 0.1) is 5.56 Å². The summed E-state index contributed by atoms with van der Waals surface area (Å²) < 4.78 is 18.4. The van der Waals surface area contributed by atoms with Gasteiger partial charge in [-0.15, -0.1) is 0 Å². The molecule has 4 heteroatoms. The smallest absolute Gasteiger partial charge is 0.257 e.